The Balaban J connectivity index is 1.53. The minimum atomic E-state index is -3.52. The van der Waals surface area contributed by atoms with Crippen LogP contribution in [0.4, 0.5) is 14.6 Å². The predicted molar refractivity (Wildman–Crippen MR) is 122 cm³/mol. The van der Waals surface area contributed by atoms with Crippen LogP contribution in [-0.2, 0) is 27.4 Å². The summed E-state index contributed by atoms with van der Waals surface area (Å²) in [5, 5.41) is 0. The highest BCUT2D eigenvalue weighted by atomic mass is 19.3. The summed E-state index contributed by atoms with van der Waals surface area (Å²) in [6.07, 6.45) is -3.50. The van der Waals surface area contributed by atoms with Crippen LogP contribution < -0.4 is 11.4 Å². The van der Waals surface area contributed by atoms with E-state index in [0.717, 1.165) is 33.0 Å². The summed E-state index contributed by atoms with van der Waals surface area (Å²) in [5.41, 5.74) is 8.39. The van der Waals surface area contributed by atoms with E-state index in [2.05, 4.69) is 4.98 Å². The van der Waals surface area contributed by atoms with Crippen LogP contribution in [0, 0.1) is 13.8 Å². The van der Waals surface area contributed by atoms with Crippen molar-refractivity contribution in [3.8, 4) is 0 Å². The molecule has 34 heavy (non-hydrogen) atoms. The molecule has 0 amide bonds. The average molecular weight is 472 g/mol. The topological polar surface area (TPSA) is 88.6 Å². The van der Waals surface area contributed by atoms with Crippen molar-refractivity contribution in [1.29, 1.82) is 0 Å². The first-order valence-electron chi connectivity index (χ1n) is 10.9. The van der Waals surface area contributed by atoms with Crippen molar-refractivity contribution in [3.63, 3.8) is 0 Å². The quantitative estimate of drug-likeness (QED) is 0.538. The van der Waals surface area contributed by atoms with Crippen molar-refractivity contribution in [1.82, 2.24) is 9.55 Å². The molecule has 2 N–H and O–H groups in total. The van der Waals surface area contributed by atoms with Crippen molar-refractivity contribution < 1.29 is 23.0 Å². The van der Waals surface area contributed by atoms with Gasteiger partial charge in [-0.05, 0) is 31.0 Å². The molecule has 0 radical (unpaired) electrons. The second-order valence-corrected chi connectivity index (χ2v) is 8.46. The minimum absolute atomic E-state index is 0.0417. The number of hydrogen-bond acceptors (Lipinski definition) is 6. The van der Waals surface area contributed by atoms with E-state index in [1.807, 2.05) is 62.4 Å². The molecule has 2 heterocycles. The third-order valence-corrected chi connectivity index (χ3v) is 5.68. The van der Waals surface area contributed by atoms with Crippen molar-refractivity contribution in [2.45, 2.75) is 51.4 Å². The third-order valence-electron chi connectivity index (χ3n) is 5.68. The fourth-order valence-corrected chi connectivity index (χ4v) is 3.76. The van der Waals surface area contributed by atoms with Gasteiger partial charge in [0.05, 0.1) is 19.8 Å². The van der Waals surface area contributed by atoms with Gasteiger partial charge in [-0.1, -0.05) is 59.7 Å². The first-order valence-corrected chi connectivity index (χ1v) is 10.9. The van der Waals surface area contributed by atoms with Crippen LogP contribution in [0.1, 0.15) is 28.5 Å². The fraction of sp³-hybridized carbons (Fsp3) is 0.360. The summed E-state index contributed by atoms with van der Waals surface area (Å²) >= 11 is 0. The summed E-state index contributed by atoms with van der Waals surface area (Å²) in [6, 6.07) is 16.4. The van der Waals surface area contributed by atoms with E-state index in [1.165, 1.54) is 6.07 Å². The number of nitrogens with two attached hydrogens (primary N) is 1. The lowest BCUT2D eigenvalue weighted by molar-refractivity contribution is -0.157. The molecule has 1 saturated heterocycles. The number of nitrogen functional groups attached to an aromatic ring is 1. The average Bonchev–Trinajstić information content (AvgIpc) is 3.04. The van der Waals surface area contributed by atoms with Gasteiger partial charge in [-0.3, -0.25) is 4.57 Å². The Morgan fingerprint density at radius 1 is 1.00 bits per heavy atom. The van der Waals surface area contributed by atoms with E-state index >= 15 is 8.78 Å². The monoisotopic (exact) mass is 471 g/mol. The fourth-order valence-electron chi connectivity index (χ4n) is 3.76. The van der Waals surface area contributed by atoms with Gasteiger partial charge < -0.3 is 19.9 Å². The number of alkyl halides is 2. The zero-order valence-corrected chi connectivity index (χ0v) is 19.0. The highest BCUT2D eigenvalue weighted by Crippen LogP contribution is 2.44. The lowest BCUT2D eigenvalue weighted by Crippen LogP contribution is -2.43. The van der Waals surface area contributed by atoms with Crippen molar-refractivity contribution in [2.24, 2.45) is 0 Å². The Kier molecular flexibility index (Phi) is 7.06. The number of nitrogens with zero attached hydrogens (tertiary/aromatic N) is 2. The highest BCUT2D eigenvalue weighted by Gasteiger charge is 2.61. The first kappa shape index (κ1) is 24.0. The molecule has 4 rings (SSSR count). The Morgan fingerprint density at radius 2 is 1.59 bits per heavy atom. The van der Waals surface area contributed by atoms with E-state index in [1.54, 1.807) is 0 Å². The Hall–Kier alpha value is -3.14. The molecule has 3 atom stereocenters. The molecule has 180 valence electrons. The van der Waals surface area contributed by atoms with Crippen LogP contribution in [0.3, 0.4) is 0 Å². The number of halogens is 2. The van der Waals surface area contributed by atoms with Crippen LogP contribution in [0.25, 0.3) is 0 Å². The van der Waals surface area contributed by atoms with E-state index in [0.29, 0.717) is 0 Å². The molecule has 0 aliphatic carbocycles. The lowest BCUT2D eigenvalue weighted by Gasteiger charge is -2.24. The zero-order valence-electron chi connectivity index (χ0n) is 19.0. The highest BCUT2D eigenvalue weighted by molar-refractivity contribution is 5.24. The van der Waals surface area contributed by atoms with Crippen molar-refractivity contribution in [3.05, 3.63) is 93.5 Å². The van der Waals surface area contributed by atoms with Gasteiger partial charge in [-0.2, -0.15) is 13.8 Å². The number of aryl methyl sites for hydroxylation is 2. The molecule has 0 bridgehead atoms. The Morgan fingerprint density at radius 3 is 2.18 bits per heavy atom. The first-order chi connectivity index (χ1) is 16.2. The summed E-state index contributed by atoms with van der Waals surface area (Å²) in [6.45, 7) is 3.96. The van der Waals surface area contributed by atoms with Gasteiger partial charge in [-0.25, -0.2) is 4.79 Å². The van der Waals surface area contributed by atoms with Crippen molar-refractivity contribution >= 4 is 5.82 Å². The molecule has 1 aliphatic heterocycles. The summed E-state index contributed by atoms with van der Waals surface area (Å²) in [7, 11) is 0. The SMILES string of the molecule is Cc1ccc(COC[C@H]2O[C@@H](n3ccc(N)nc3=O)C(F)(F)C2OCc2ccc(C)cc2)cc1. The maximum atomic E-state index is 15.5. The molecule has 3 aromatic rings. The molecule has 1 fully saturated rings. The standard InChI is InChI=1S/C25H27F2N3O4/c1-16-3-7-18(8-4-16)13-32-15-20-22(33-14-19-9-5-17(2)6-10-19)25(26,27)23(34-20)30-12-11-21(28)29-24(30)31/h3-12,20,22-23H,13-15H2,1-2H3,(H2,28,29,31)/t20-,22?,23-/m1/s1. The second kappa shape index (κ2) is 10.0. The zero-order chi connectivity index (χ0) is 24.3. The lowest BCUT2D eigenvalue weighted by atomic mass is 10.1. The minimum Gasteiger partial charge on any atom is -0.383 e. The number of ether oxygens (including phenoxy) is 3. The predicted octanol–water partition coefficient (Wildman–Crippen LogP) is 3.78. The van der Waals surface area contributed by atoms with E-state index in [-0.39, 0.29) is 25.6 Å². The van der Waals surface area contributed by atoms with Gasteiger partial charge in [0.15, 0.2) is 6.10 Å². The molecule has 9 heteroatoms. The Bertz CT molecular complexity index is 1170. The molecule has 0 spiro atoms. The number of benzene rings is 2. The van der Waals surface area contributed by atoms with Gasteiger partial charge in [0, 0.05) is 6.20 Å². The third kappa shape index (κ3) is 5.32. The number of anilines is 1. The molecular weight excluding hydrogens is 444 g/mol. The summed E-state index contributed by atoms with van der Waals surface area (Å²) in [4.78, 5) is 15.8. The molecule has 1 aliphatic rings. The Labute approximate surface area is 196 Å². The largest absolute Gasteiger partial charge is 0.383 e. The van der Waals surface area contributed by atoms with Gasteiger partial charge in [0.25, 0.3) is 0 Å². The maximum absolute atomic E-state index is 15.5. The summed E-state index contributed by atoms with van der Waals surface area (Å²) in [5.74, 6) is -3.59. The van der Waals surface area contributed by atoms with E-state index in [4.69, 9.17) is 19.9 Å². The number of aromatic nitrogens is 2. The molecule has 1 aromatic heterocycles. The van der Waals surface area contributed by atoms with E-state index in [9.17, 15) is 4.79 Å². The molecule has 0 saturated carbocycles. The summed E-state index contributed by atoms with van der Waals surface area (Å²) < 4.78 is 48.8. The van der Waals surface area contributed by atoms with Gasteiger partial charge in [0.2, 0.25) is 6.23 Å². The molecule has 7 nitrogen and oxygen atoms in total. The van der Waals surface area contributed by atoms with Crippen LogP contribution in [-0.4, -0.2) is 34.3 Å². The maximum Gasteiger partial charge on any atom is 0.351 e. The second-order valence-electron chi connectivity index (χ2n) is 8.46. The van der Waals surface area contributed by atoms with Crippen LogP contribution in [0.5, 0.6) is 0 Å². The molecule has 1 unspecified atom stereocenters. The number of rotatable bonds is 8. The molecular formula is C25H27F2N3O4. The molecule has 2 aromatic carbocycles. The van der Waals surface area contributed by atoms with Crippen LogP contribution in [0.2, 0.25) is 0 Å². The van der Waals surface area contributed by atoms with Gasteiger partial charge in [-0.15, -0.1) is 0 Å². The van der Waals surface area contributed by atoms with Crippen LogP contribution in [0.15, 0.2) is 65.6 Å². The van der Waals surface area contributed by atoms with Crippen molar-refractivity contribution in [2.75, 3.05) is 12.3 Å². The van der Waals surface area contributed by atoms with Crippen LogP contribution >= 0.6 is 0 Å². The smallest absolute Gasteiger partial charge is 0.351 e. The normalized spacial score (nSPS) is 21.6. The van der Waals surface area contributed by atoms with E-state index < -0.39 is 30.0 Å². The van der Waals surface area contributed by atoms with Gasteiger partial charge >= 0.3 is 11.6 Å². The van der Waals surface area contributed by atoms with Gasteiger partial charge in [0.1, 0.15) is 11.9 Å². The number of hydrogen-bond donors (Lipinski definition) is 1.